The van der Waals surface area contributed by atoms with Gasteiger partial charge in [-0.1, -0.05) is 24.3 Å². The Morgan fingerprint density at radius 2 is 1.93 bits per heavy atom. The summed E-state index contributed by atoms with van der Waals surface area (Å²) in [4.78, 5) is 15.0. The van der Waals surface area contributed by atoms with E-state index in [4.69, 9.17) is 0 Å². The normalized spacial score (nSPS) is 9.93. The Morgan fingerprint density at radius 3 is 2.67 bits per heavy atom. The summed E-state index contributed by atoms with van der Waals surface area (Å²) in [6, 6.07) is 13.3. The van der Waals surface area contributed by atoms with Crippen LogP contribution < -0.4 is 0 Å². The minimum absolute atomic E-state index is 0.677. The number of benzene rings is 1. The van der Waals surface area contributed by atoms with Crippen molar-refractivity contribution in [3.8, 4) is 11.3 Å². The van der Waals surface area contributed by atoms with E-state index in [1.54, 1.807) is 6.07 Å². The lowest BCUT2D eigenvalue weighted by Crippen LogP contribution is -1.87. The number of hydrogen-bond acceptors (Lipinski definition) is 2. The SMILES string of the molecule is Cc1cccc(-c2cccc(C=O)c2)n1. The minimum Gasteiger partial charge on any atom is -0.298 e. The largest absolute Gasteiger partial charge is 0.298 e. The Labute approximate surface area is 88.6 Å². The summed E-state index contributed by atoms with van der Waals surface area (Å²) in [6.45, 7) is 1.95. The summed E-state index contributed by atoms with van der Waals surface area (Å²) in [5.74, 6) is 0. The molecular formula is C13H11NO. The van der Waals surface area contributed by atoms with Crippen LogP contribution in [0.3, 0.4) is 0 Å². The molecule has 0 saturated heterocycles. The molecule has 0 saturated carbocycles. The first-order valence-electron chi connectivity index (χ1n) is 4.79. The lowest BCUT2D eigenvalue weighted by Gasteiger charge is -2.02. The first kappa shape index (κ1) is 9.59. The number of pyridine rings is 1. The van der Waals surface area contributed by atoms with Crippen LogP contribution in [0.5, 0.6) is 0 Å². The van der Waals surface area contributed by atoms with Gasteiger partial charge in [0.25, 0.3) is 0 Å². The molecule has 74 valence electrons. The van der Waals surface area contributed by atoms with Crippen LogP contribution in [0.4, 0.5) is 0 Å². The maximum absolute atomic E-state index is 10.6. The molecule has 15 heavy (non-hydrogen) atoms. The fraction of sp³-hybridized carbons (Fsp3) is 0.0769. The van der Waals surface area contributed by atoms with Crippen molar-refractivity contribution in [1.29, 1.82) is 0 Å². The van der Waals surface area contributed by atoms with Gasteiger partial charge in [0, 0.05) is 16.8 Å². The van der Waals surface area contributed by atoms with Gasteiger partial charge in [-0.2, -0.15) is 0 Å². The van der Waals surface area contributed by atoms with Gasteiger partial charge in [-0.05, 0) is 25.1 Å². The highest BCUT2D eigenvalue weighted by Crippen LogP contribution is 2.17. The van der Waals surface area contributed by atoms with Crippen LogP contribution in [0.2, 0.25) is 0 Å². The molecule has 0 spiro atoms. The van der Waals surface area contributed by atoms with Crippen LogP contribution in [0, 0.1) is 6.92 Å². The van der Waals surface area contributed by atoms with E-state index in [9.17, 15) is 4.79 Å². The maximum atomic E-state index is 10.6. The highest BCUT2D eigenvalue weighted by molar-refractivity contribution is 5.78. The van der Waals surface area contributed by atoms with Crippen molar-refractivity contribution in [2.45, 2.75) is 6.92 Å². The van der Waals surface area contributed by atoms with Gasteiger partial charge in [-0.3, -0.25) is 9.78 Å². The second-order valence-electron chi connectivity index (χ2n) is 3.41. The molecule has 0 amide bonds. The van der Waals surface area contributed by atoms with Crippen molar-refractivity contribution in [1.82, 2.24) is 4.98 Å². The Bertz CT molecular complexity index is 491. The van der Waals surface area contributed by atoms with Gasteiger partial charge in [0.1, 0.15) is 6.29 Å². The van der Waals surface area contributed by atoms with Crippen LogP contribution >= 0.6 is 0 Å². The number of aryl methyl sites for hydroxylation is 1. The van der Waals surface area contributed by atoms with Crippen molar-refractivity contribution < 1.29 is 4.79 Å². The second-order valence-corrected chi connectivity index (χ2v) is 3.41. The van der Waals surface area contributed by atoms with Crippen LogP contribution in [-0.2, 0) is 0 Å². The highest BCUT2D eigenvalue weighted by Gasteiger charge is 1.99. The number of carbonyl (C=O) groups excluding carboxylic acids is 1. The standard InChI is InChI=1S/C13H11NO/c1-10-4-2-7-13(14-10)12-6-3-5-11(8-12)9-15/h2-9H,1H3. The zero-order chi connectivity index (χ0) is 10.7. The summed E-state index contributed by atoms with van der Waals surface area (Å²) >= 11 is 0. The predicted octanol–water partition coefficient (Wildman–Crippen LogP) is 2.87. The molecule has 0 unspecified atom stereocenters. The minimum atomic E-state index is 0.677. The Morgan fingerprint density at radius 1 is 1.13 bits per heavy atom. The Hall–Kier alpha value is -1.96. The third-order valence-electron chi connectivity index (χ3n) is 2.21. The molecular weight excluding hydrogens is 186 g/mol. The number of carbonyl (C=O) groups is 1. The fourth-order valence-corrected chi connectivity index (χ4v) is 1.48. The maximum Gasteiger partial charge on any atom is 0.150 e. The van der Waals surface area contributed by atoms with Gasteiger partial charge in [0.2, 0.25) is 0 Å². The third-order valence-corrected chi connectivity index (χ3v) is 2.21. The van der Waals surface area contributed by atoms with E-state index in [0.717, 1.165) is 23.2 Å². The first-order chi connectivity index (χ1) is 7.29. The summed E-state index contributed by atoms with van der Waals surface area (Å²) < 4.78 is 0. The quantitative estimate of drug-likeness (QED) is 0.693. The van der Waals surface area contributed by atoms with E-state index < -0.39 is 0 Å². The number of rotatable bonds is 2. The van der Waals surface area contributed by atoms with Crippen molar-refractivity contribution in [3.63, 3.8) is 0 Å². The van der Waals surface area contributed by atoms with E-state index in [0.29, 0.717) is 5.56 Å². The molecule has 2 heteroatoms. The molecule has 0 N–H and O–H groups in total. The average Bonchev–Trinajstić information content (AvgIpc) is 2.29. The Balaban J connectivity index is 2.49. The number of aldehydes is 1. The first-order valence-corrected chi connectivity index (χ1v) is 4.79. The lowest BCUT2D eigenvalue weighted by molar-refractivity contribution is 0.112. The summed E-state index contributed by atoms with van der Waals surface area (Å²) in [5, 5.41) is 0. The highest BCUT2D eigenvalue weighted by atomic mass is 16.1. The van der Waals surface area contributed by atoms with E-state index in [-0.39, 0.29) is 0 Å². The molecule has 0 bridgehead atoms. The summed E-state index contributed by atoms with van der Waals surface area (Å²) in [6.07, 6.45) is 0.847. The van der Waals surface area contributed by atoms with E-state index >= 15 is 0 Å². The topological polar surface area (TPSA) is 30.0 Å². The van der Waals surface area contributed by atoms with Crippen molar-refractivity contribution in [2.24, 2.45) is 0 Å². The average molecular weight is 197 g/mol. The van der Waals surface area contributed by atoms with E-state index in [1.807, 2.05) is 43.3 Å². The van der Waals surface area contributed by atoms with Crippen LogP contribution in [0.25, 0.3) is 11.3 Å². The van der Waals surface area contributed by atoms with Gasteiger partial charge in [0.05, 0.1) is 5.69 Å². The fourth-order valence-electron chi connectivity index (χ4n) is 1.48. The lowest BCUT2D eigenvalue weighted by atomic mass is 10.1. The van der Waals surface area contributed by atoms with E-state index in [1.165, 1.54) is 0 Å². The van der Waals surface area contributed by atoms with Gasteiger partial charge in [-0.15, -0.1) is 0 Å². The molecule has 0 radical (unpaired) electrons. The van der Waals surface area contributed by atoms with Crippen LogP contribution in [0.15, 0.2) is 42.5 Å². The zero-order valence-electron chi connectivity index (χ0n) is 8.47. The zero-order valence-corrected chi connectivity index (χ0v) is 8.47. The molecule has 1 aromatic carbocycles. The van der Waals surface area contributed by atoms with Crippen molar-refractivity contribution in [2.75, 3.05) is 0 Å². The second kappa shape index (κ2) is 4.05. The predicted molar refractivity (Wildman–Crippen MR) is 59.8 cm³/mol. The van der Waals surface area contributed by atoms with Gasteiger partial charge < -0.3 is 0 Å². The van der Waals surface area contributed by atoms with Crippen LogP contribution in [-0.4, -0.2) is 11.3 Å². The Kier molecular flexibility index (Phi) is 2.59. The summed E-state index contributed by atoms with van der Waals surface area (Å²) in [7, 11) is 0. The molecule has 0 atom stereocenters. The van der Waals surface area contributed by atoms with Crippen molar-refractivity contribution in [3.05, 3.63) is 53.7 Å². The van der Waals surface area contributed by atoms with Gasteiger partial charge in [0.15, 0.2) is 0 Å². The molecule has 1 aromatic heterocycles. The monoisotopic (exact) mass is 197 g/mol. The van der Waals surface area contributed by atoms with Crippen molar-refractivity contribution >= 4 is 6.29 Å². The molecule has 2 nitrogen and oxygen atoms in total. The molecule has 2 aromatic rings. The number of hydrogen-bond donors (Lipinski definition) is 0. The number of aromatic nitrogens is 1. The molecule has 0 aliphatic carbocycles. The molecule has 2 rings (SSSR count). The third kappa shape index (κ3) is 2.10. The molecule has 0 aliphatic heterocycles. The van der Waals surface area contributed by atoms with E-state index in [2.05, 4.69) is 4.98 Å². The van der Waals surface area contributed by atoms with Crippen LogP contribution in [0.1, 0.15) is 16.1 Å². The molecule has 0 aliphatic rings. The van der Waals surface area contributed by atoms with Gasteiger partial charge in [-0.25, -0.2) is 0 Å². The summed E-state index contributed by atoms with van der Waals surface area (Å²) in [5.41, 5.74) is 3.53. The smallest absolute Gasteiger partial charge is 0.150 e. The number of nitrogens with zero attached hydrogens (tertiary/aromatic N) is 1. The molecule has 0 fully saturated rings. The molecule has 1 heterocycles. The van der Waals surface area contributed by atoms with Gasteiger partial charge >= 0.3 is 0 Å².